The van der Waals surface area contributed by atoms with Crippen molar-refractivity contribution in [3.63, 3.8) is 0 Å². The molecular weight excluding hydrogens is 234 g/mol. The van der Waals surface area contributed by atoms with Gasteiger partial charge in [-0.3, -0.25) is 4.90 Å². The van der Waals surface area contributed by atoms with Crippen molar-refractivity contribution < 1.29 is 5.11 Å². The van der Waals surface area contributed by atoms with Gasteiger partial charge in [0.1, 0.15) is 0 Å². The van der Waals surface area contributed by atoms with Gasteiger partial charge in [0.25, 0.3) is 0 Å². The van der Waals surface area contributed by atoms with Crippen molar-refractivity contribution in [1.82, 2.24) is 4.90 Å². The first kappa shape index (κ1) is 14.5. The molecule has 0 aliphatic rings. The lowest BCUT2D eigenvalue weighted by Gasteiger charge is -2.32. The molecule has 0 saturated heterocycles. The van der Waals surface area contributed by atoms with Gasteiger partial charge in [-0.25, -0.2) is 0 Å². The van der Waals surface area contributed by atoms with Crippen LogP contribution in [0.25, 0.3) is 0 Å². The van der Waals surface area contributed by atoms with Crippen LogP contribution in [0.1, 0.15) is 26.3 Å². The Morgan fingerprint density at radius 3 is 2.59 bits per heavy atom. The predicted molar refractivity (Wildman–Crippen MR) is 73.2 cm³/mol. The van der Waals surface area contributed by atoms with Crippen LogP contribution in [0.4, 0.5) is 0 Å². The molecule has 0 fully saturated rings. The molecule has 0 aliphatic heterocycles. The molecule has 1 atom stereocenters. The van der Waals surface area contributed by atoms with Gasteiger partial charge in [0.15, 0.2) is 0 Å². The fraction of sp³-hybridized carbons (Fsp3) is 0.571. The van der Waals surface area contributed by atoms with Gasteiger partial charge in [0.2, 0.25) is 0 Å². The summed E-state index contributed by atoms with van der Waals surface area (Å²) in [5.74, 6) is 0.240. The standard InChI is InChI=1S/C14H22ClNO/c1-11(2)14(3,17)10-16(4)9-12-6-5-7-13(15)8-12/h5-8,11,17H,9-10H2,1-4H3. The molecule has 96 valence electrons. The Labute approximate surface area is 109 Å². The number of rotatable bonds is 5. The van der Waals surface area contributed by atoms with Crippen LogP contribution in [-0.2, 0) is 6.54 Å². The van der Waals surface area contributed by atoms with Crippen LogP contribution in [0.3, 0.4) is 0 Å². The van der Waals surface area contributed by atoms with Crippen LogP contribution in [-0.4, -0.2) is 29.2 Å². The lowest BCUT2D eigenvalue weighted by Crippen LogP contribution is -2.42. The molecule has 0 spiro atoms. The summed E-state index contributed by atoms with van der Waals surface area (Å²) in [7, 11) is 2.01. The monoisotopic (exact) mass is 255 g/mol. The third-order valence-electron chi connectivity index (χ3n) is 3.18. The average Bonchev–Trinajstić information content (AvgIpc) is 2.15. The Morgan fingerprint density at radius 2 is 2.06 bits per heavy atom. The van der Waals surface area contributed by atoms with E-state index in [0.29, 0.717) is 6.54 Å². The Balaban J connectivity index is 2.58. The van der Waals surface area contributed by atoms with Crippen LogP contribution in [0.15, 0.2) is 24.3 Å². The topological polar surface area (TPSA) is 23.5 Å². The smallest absolute Gasteiger partial charge is 0.0768 e. The Kier molecular flexibility index (Phi) is 4.99. The lowest BCUT2D eigenvalue weighted by atomic mass is 9.92. The molecule has 1 aromatic rings. The van der Waals surface area contributed by atoms with Crippen molar-refractivity contribution in [2.75, 3.05) is 13.6 Å². The van der Waals surface area contributed by atoms with Gasteiger partial charge in [-0.15, -0.1) is 0 Å². The van der Waals surface area contributed by atoms with Gasteiger partial charge in [-0.1, -0.05) is 37.6 Å². The molecule has 0 bridgehead atoms. The van der Waals surface area contributed by atoms with E-state index in [1.54, 1.807) is 0 Å². The number of nitrogens with zero attached hydrogens (tertiary/aromatic N) is 1. The third kappa shape index (κ3) is 4.66. The first-order valence-electron chi connectivity index (χ1n) is 5.96. The van der Waals surface area contributed by atoms with E-state index in [9.17, 15) is 5.11 Å². The predicted octanol–water partition coefficient (Wildman–Crippen LogP) is 3.18. The SMILES string of the molecule is CC(C)C(C)(O)CN(C)Cc1cccc(Cl)c1. The first-order chi connectivity index (χ1) is 7.81. The molecule has 17 heavy (non-hydrogen) atoms. The Morgan fingerprint density at radius 1 is 1.41 bits per heavy atom. The number of likely N-dealkylation sites (N-methyl/N-ethyl adjacent to an activating group) is 1. The summed E-state index contributed by atoms with van der Waals surface area (Å²) in [6.07, 6.45) is 0. The molecular formula is C14H22ClNO. The van der Waals surface area contributed by atoms with Crippen LogP contribution in [0.2, 0.25) is 5.02 Å². The van der Waals surface area contributed by atoms with E-state index >= 15 is 0 Å². The van der Waals surface area contributed by atoms with Gasteiger partial charge in [-0.05, 0) is 37.6 Å². The highest BCUT2D eigenvalue weighted by molar-refractivity contribution is 6.30. The zero-order chi connectivity index (χ0) is 13.1. The maximum absolute atomic E-state index is 10.2. The largest absolute Gasteiger partial charge is 0.389 e. The highest BCUT2D eigenvalue weighted by Gasteiger charge is 2.26. The van der Waals surface area contributed by atoms with E-state index in [1.165, 1.54) is 5.56 Å². The Bertz CT molecular complexity index is 363. The maximum atomic E-state index is 10.2. The molecule has 0 saturated carbocycles. The van der Waals surface area contributed by atoms with Crippen LogP contribution in [0.5, 0.6) is 0 Å². The number of halogens is 1. The lowest BCUT2D eigenvalue weighted by molar-refractivity contribution is -0.0146. The summed E-state index contributed by atoms with van der Waals surface area (Å²) in [5.41, 5.74) is 0.507. The second kappa shape index (κ2) is 5.85. The second-order valence-corrected chi connectivity index (χ2v) is 5.75. The zero-order valence-corrected chi connectivity index (χ0v) is 11.8. The molecule has 0 aromatic heterocycles. The minimum atomic E-state index is -0.659. The highest BCUT2D eigenvalue weighted by atomic mass is 35.5. The highest BCUT2D eigenvalue weighted by Crippen LogP contribution is 2.18. The van der Waals surface area contributed by atoms with Crippen molar-refractivity contribution in [2.24, 2.45) is 5.92 Å². The molecule has 0 heterocycles. The molecule has 0 amide bonds. The van der Waals surface area contributed by atoms with Crippen molar-refractivity contribution in [1.29, 1.82) is 0 Å². The number of aliphatic hydroxyl groups is 1. The van der Waals surface area contributed by atoms with E-state index in [-0.39, 0.29) is 5.92 Å². The molecule has 0 aliphatic carbocycles. The van der Waals surface area contributed by atoms with Crippen LogP contribution >= 0.6 is 11.6 Å². The van der Waals surface area contributed by atoms with Crippen molar-refractivity contribution in [3.8, 4) is 0 Å². The summed E-state index contributed by atoms with van der Waals surface area (Å²) < 4.78 is 0. The summed E-state index contributed by atoms with van der Waals surface area (Å²) >= 11 is 5.94. The molecule has 1 N–H and O–H groups in total. The minimum Gasteiger partial charge on any atom is -0.389 e. The fourth-order valence-corrected chi connectivity index (χ4v) is 1.94. The van der Waals surface area contributed by atoms with Gasteiger partial charge in [-0.2, -0.15) is 0 Å². The summed E-state index contributed by atoms with van der Waals surface area (Å²) in [4.78, 5) is 2.12. The number of benzene rings is 1. The number of hydrogen-bond donors (Lipinski definition) is 1. The van der Waals surface area contributed by atoms with Gasteiger partial charge in [0.05, 0.1) is 5.60 Å². The second-order valence-electron chi connectivity index (χ2n) is 5.31. The van der Waals surface area contributed by atoms with Gasteiger partial charge >= 0.3 is 0 Å². The molecule has 3 heteroatoms. The summed E-state index contributed by atoms with van der Waals surface area (Å²) in [6, 6.07) is 7.83. The maximum Gasteiger partial charge on any atom is 0.0768 e. The molecule has 1 unspecified atom stereocenters. The van der Waals surface area contributed by atoms with E-state index < -0.39 is 5.60 Å². The Hall–Kier alpha value is -0.570. The molecule has 1 rings (SSSR count). The van der Waals surface area contributed by atoms with Crippen molar-refractivity contribution in [2.45, 2.75) is 32.9 Å². The van der Waals surface area contributed by atoms with E-state index in [4.69, 9.17) is 11.6 Å². The zero-order valence-electron chi connectivity index (χ0n) is 11.1. The molecule has 2 nitrogen and oxygen atoms in total. The van der Waals surface area contributed by atoms with Gasteiger partial charge in [0, 0.05) is 18.1 Å². The quantitative estimate of drug-likeness (QED) is 0.874. The van der Waals surface area contributed by atoms with E-state index in [0.717, 1.165) is 11.6 Å². The van der Waals surface area contributed by atoms with Gasteiger partial charge < -0.3 is 5.11 Å². The summed E-state index contributed by atoms with van der Waals surface area (Å²) in [6.45, 7) is 7.40. The third-order valence-corrected chi connectivity index (χ3v) is 3.41. The summed E-state index contributed by atoms with van der Waals surface area (Å²) in [5, 5.41) is 11.0. The molecule has 0 radical (unpaired) electrons. The van der Waals surface area contributed by atoms with E-state index in [1.807, 2.05) is 52.1 Å². The number of hydrogen-bond acceptors (Lipinski definition) is 2. The first-order valence-corrected chi connectivity index (χ1v) is 6.34. The van der Waals surface area contributed by atoms with Crippen molar-refractivity contribution in [3.05, 3.63) is 34.9 Å². The molecule has 1 aromatic carbocycles. The van der Waals surface area contributed by atoms with Crippen molar-refractivity contribution >= 4 is 11.6 Å². The average molecular weight is 256 g/mol. The van der Waals surface area contributed by atoms with E-state index in [2.05, 4.69) is 4.90 Å². The van der Waals surface area contributed by atoms with Crippen LogP contribution in [0, 0.1) is 5.92 Å². The normalized spacial score (nSPS) is 15.3. The fourth-order valence-electron chi connectivity index (χ4n) is 1.73. The minimum absolute atomic E-state index is 0.240. The van der Waals surface area contributed by atoms with Crippen LogP contribution < -0.4 is 0 Å².